The van der Waals surface area contributed by atoms with Gasteiger partial charge in [-0.25, -0.2) is 0 Å². The molecule has 1 amide bonds. The number of carbonyl (C=O) groups is 1. The molecular formula is C23H24N4OS2. The number of hydrogen-bond acceptors (Lipinski definition) is 5. The van der Waals surface area contributed by atoms with Gasteiger partial charge >= 0.3 is 0 Å². The number of benzene rings is 2. The van der Waals surface area contributed by atoms with Gasteiger partial charge in [0.05, 0.1) is 16.0 Å². The van der Waals surface area contributed by atoms with Crippen molar-refractivity contribution in [3.05, 3.63) is 53.6 Å². The molecule has 30 heavy (non-hydrogen) atoms. The number of amides is 1. The molecule has 5 nitrogen and oxygen atoms in total. The summed E-state index contributed by atoms with van der Waals surface area (Å²) in [6, 6.07) is 14.6. The van der Waals surface area contributed by atoms with Crippen molar-refractivity contribution in [3.63, 3.8) is 0 Å². The lowest BCUT2D eigenvalue weighted by atomic mass is 9.79. The molecule has 3 heterocycles. The number of aromatic nitrogens is 3. The molecule has 0 saturated heterocycles. The van der Waals surface area contributed by atoms with Crippen molar-refractivity contribution in [2.45, 2.75) is 50.7 Å². The van der Waals surface area contributed by atoms with Crippen molar-refractivity contribution in [3.8, 4) is 0 Å². The summed E-state index contributed by atoms with van der Waals surface area (Å²) >= 11 is 3.08. The van der Waals surface area contributed by atoms with E-state index in [4.69, 9.17) is 0 Å². The Balaban J connectivity index is 1.46. The average Bonchev–Trinajstić information content (AvgIpc) is 3.25. The Morgan fingerprint density at radius 2 is 2.03 bits per heavy atom. The number of thioether (sulfide) groups is 1. The van der Waals surface area contributed by atoms with Gasteiger partial charge in [-0.15, -0.1) is 10.2 Å². The molecule has 0 aliphatic carbocycles. The molecular weight excluding hydrogens is 412 g/mol. The molecule has 4 aromatic rings. The van der Waals surface area contributed by atoms with E-state index in [1.807, 2.05) is 17.0 Å². The van der Waals surface area contributed by atoms with Crippen LogP contribution in [0.1, 0.15) is 44.2 Å². The number of aryl methyl sites for hydroxylation is 1. The Morgan fingerprint density at radius 3 is 2.87 bits per heavy atom. The maximum Gasteiger partial charge on any atom is 0.237 e. The van der Waals surface area contributed by atoms with Crippen molar-refractivity contribution >= 4 is 49.9 Å². The van der Waals surface area contributed by atoms with E-state index >= 15 is 0 Å². The standard InChI is InChI=1S/C23H24N4OS2/c1-14-9-10-17-16(11-14)15(2)12-23(3,4)27(17)20(28)13-29-21-24-25-22-26(21)18-7-5-6-8-19(18)30-22/h5-11,15H,12-13H2,1-4H3/t15-/m0/s1. The normalized spacial score (nSPS) is 18.1. The van der Waals surface area contributed by atoms with Crippen molar-refractivity contribution in [1.82, 2.24) is 14.6 Å². The van der Waals surface area contributed by atoms with Crippen LogP contribution >= 0.6 is 23.1 Å². The molecule has 1 atom stereocenters. The summed E-state index contributed by atoms with van der Waals surface area (Å²) in [5, 5.41) is 9.43. The van der Waals surface area contributed by atoms with E-state index < -0.39 is 0 Å². The second-order valence-corrected chi connectivity index (χ2v) is 10.6. The summed E-state index contributed by atoms with van der Waals surface area (Å²) in [5.74, 6) is 0.869. The molecule has 0 N–H and O–H groups in total. The van der Waals surface area contributed by atoms with Crippen LogP contribution in [0.3, 0.4) is 0 Å². The van der Waals surface area contributed by atoms with E-state index in [0.717, 1.165) is 27.7 Å². The third kappa shape index (κ3) is 3.11. The van der Waals surface area contributed by atoms with E-state index in [1.165, 1.54) is 27.6 Å². The lowest BCUT2D eigenvalue weighted by Gasteiger charge is -2.46. The lowest BCUT2D eigenvalue weighted by Crippen LogP contribution is -2.52. The highest BCUT2D eigenvalue weighted by Gasteiger charge is 2.39. The smallest absolute Gasteiger partial charge is 0.237 e. The first-order valence-electron chi connectivity index (χ1n) is 10.1. The molecule has 0 unspecified atom stereocenters. The third-order valence-corrected chi connectivity index (χ3v) is 7.78. The molecule has 7 heteroatoms. The molecule has 1 aliphatic heterocycles. The molecule has 154 valence electrons. The largest absolute Gasteiger partial charge is 0.306 e. The van der Waals surface area contributed by atoms with Gasteiger partial charge in [0.25, 0.3) is 0 Å². The molecule has 0 radical (unpaired) electrons. The summed E-state index contributed by atoms with van der Waals surface area (Å²) in [5.41, 5.74) is 4.40. The molecule has 0 bridgehead atoms. The van der Waals surface area contributed by atoms with Gasteiger partial charge in [-0.1, -0.05) is 59.9 Å². The summed E-state index contributed by atoms with van der Waals surface area (Å²) in [7, 11) is 0. The SMILES string of the molecule is Cc1ccc2c(c1)[C@@H](C)CC(C)(C)N2C(=O)CSc1nnc2sc3ccccc3n12. The summed E-state index contributed by atoms with van der Waals surface area (Å²) in [6.07, 6.45) is 0.949. The zero-order valence-electron chi connectivity index (χ0n) is 17.5. The minimum atomic E-state index is -0.228. The Morgan fingerprint density at radius 1 is 1.23 bits per heavy atom. The maximum atomic E-state index is 13.5. The van der Waals surface area contributed by atoms with Crippen LogP contribution in [-0.4, -0.2) is 31.8 Å². The maximum absolute atomic E-state index is 13.5. The first-order chi connectivity index (χ1) is 14.3. The number of para-hydroxylation sites is 1. The first-order valence-corrected chi connectivity index (χ1v) is 11.9. The number of carbonyl (C=O) groups excluding carboxylic acids is 1. The number of thiazole rings is 1. The van der Waals surface area contributed by atoms with E-state index in [1.54, 1.807) is 11.3 Å². The Labute approximate surface area is 184 Å². The first kappa shape index (κ1) is 19.6. The van der Waals surface area contributed by atoms with Gasteiger partial charge in [0.2, 0.25) is 10.9 Å². The van der Waals surface area contributed by atoms with Crippen LogP contribution in [0.4, 0.5) is 5.69 Å². The Hall–Kier alpha value is -2.38. The second kappa shape index (κ2) is 7.10. The van der Waals surface area contributed by atoms with Crippen LogP contribution in [0, 0.1) is 6.92 Å². The number of fused-ring (bicyclic) bond motifs is 4. The van der Waals surface area contributed by atoms with Crippen molar-refractivity contribution < 1.29 is 4.79 Å². The zero-order chi connectivity index (χ0) is 21.0. The van der Waals surface area contributed by atoms with Gasteiger partial charge < -0.3 is 4.90 Å². The molecule has 2 aromatic carbocycles. The van der Waals surface area contributed by atoms with Crippen LogP contribution in [0.5, 0.6) is 0 Å². The van der Waals surface area contributed by atoms with Crippen molar-refractivity contribution in [1.29, 1.82) is 0 Å². The van der Waals surface area contributed by atoms with E-state index in [2.05, 4.69) is 72.6 Å². The predicted octanol–water partition coefficient (Wildman–Crippen LogP) is 5.66. The quantitative estimate of drug-likeness (QED) is 0.389. The van der Waals surface area contributed by atoms with Crippen LogP contribution < -0.4 is 4.90 Å². The highest BCUT2D eigenvalue weighted by Crippen LogP contribution is 2.44. The zero-order valence-corrected chi connectivity index (χ0v) is 19.2. The number of rotatable bonds is 3. The van der Waals surface area contributed by atoms with E-state index in [-0.39, 0.29) is 11.4 Å². The summed E-state index contributed by atoms with van der Waals surface area (Å²) in [6.45, 7) is 8.69. The lowest BCUT2D eigenvalue weighted by molar-refractivity contribution is -0.117. The van der Waals surface area contributed by atoms with Gasteiger partial charge in [-0.2, -0.15) is 0 Å². The molecule has 2 aromatic heterocycles. The fourth-order valence-corrected chi connectivity index (χ4v) is 6.48. The molecule has 0 fully saturated rings. The molecule has 0 spiro atoms. The number of hydrogen-bond donors (Lipinski definition) is 0. The van der Waals surface area contributed by atoms with Crippen molar-refractivity contribution in [2.75, 3.05) is 10.7 Å². The van der Waals surface area contributed by atoms with Crippen LogP contribution in [0.2, 0.25) is 0 Å². The predicted molar refractivity (Wildman–Crippen MR) is 125 cm³/mol. The van der Waals surface area contributed by atoms with Gasteiger partial charge in [-0.05, 0) is 56.9 Å². The van der Waals surface area contributed by atoms with Gasteiger partial charge in [0.15, 0.2) is 5.16 Å². The number of anilines is 1. The minimum absolute atomic E-state index is 0.110. The van der Waals surface area contributed by atoms with E-state index in [9.17, 15) is 4.79 Å². The summed E-state index contributed by atoms with van der Waals surface area (Å²) < 4.78 is 3.23. The van der Waals surface area contributed by atoms with Crippen LogP contribution in [-0.2, 0) is 4.79 Å². The fraction of sp³-hybridized carbons (Fsp3) is 0.348. The third-order valence-electron chi connectivity index (χ3n) is 5.85. The highest BCUT2D eigenvalue weighted by atomic mass is 32.2. The average molecular weight is 437 g/mol. The highest BCUT2D eigenvalue weighted by molar-refractivity contribution is 7.99. The number of nitrogens with zero attached hydrogens (tertiary/aromatic N) is 4. The van der Waals surface area contributed by atoms with Gasteiger partial charge in [0.1, 0.15) is 0 Å². The second-order valence-electron chi connectivity index (χ2n) is 8.67. The van der Waals surface area contributed by atoms with Gasteiger partial charge in [0, 0.05) is 11.2 Å². The fourth-order valence-electron chi connectivity index (χ4n) is 4.66. The Bertz CT molecular complexity index is 1270. The molecule has 5 rings (SSSR count). The van der Waals surface area contributed by atoms with Crippen molar-refractivity contribution in [2.24, 2.45) is 0 Å². The summed E-state index contributed by atoms with van der Waals surface area (Å²) in [4.78, 5) is 16.3. The molecule has 1 aliphatic rings. The Kier molecular flexibility index (Phi) is 4.63. The van der Waals surface area contributed by atoms with Crippen LogP contribution in [0.25, 0.3) is 15.2 Å². The minimum Gasteiger partial charge on any atom is -0.306 e. The van der Waals surface area contributed by atoms with Crippen LogP contribution in [0.15, 0.2) is 47.6 Å². The monoisotopic (exact) mass is 436 g/mol. The van der Waals surface area contributed by atoms with E-state index in [0.29, 0.717) is 11.7 Å². The molecule has 0 saturated carbocycles. The van der Waals surface area contributed by atoms with Gasteiger partial charge in [-0.3, -0.25) is 9.20 Å². The topological polar surface area (TPSA) is 50.5 Å².